The topological polar surface area (TPSA) is 48.4 Å². The Bertz CT molecular complexity index is 531. The van der Waals surface area contributed by atoms with Crippen molar-refractivity contribution in [3.63, 3.8) is 0 Å². The summed E-state index contributed by atoms with van der Waals surface area (Å²) in [6.45, 7) is 1.25. The first kappa shape index (κ1) is 10.4. The second kappa shape index (κ2) is 4.26. The SMILES string of the molecule is NCc1occc1-c1ccc2c(c1)CCCO2. The van der Waals surface area contributed by atoms with Gasteiger partial charge in [0.15, 0.2) is 0 Å². The van der Waals surface area contributed by atoms with E-state index in [4.69, 9.17) is 14.9 Å². The van der Waals surface area contributed by atoms with Gasteiger partial charge in [0.2, 0.25) is 0 Å². The molecule has 3 nitrogen and oxygen atoms in total. The molecule has 1 aromatic heterocycles. The van der Waals surface area contributed by atoms with Crippen LogP contribution in [0, 0.1) is 0 Å². The summed E-state index contributed by atoms with van der Waals surface area (Å²) in [7, 11) is 0. The van der Waals surface area contributed by atoms with Crippen molar-refractivity contribution in [2.45, 2.75) is 19.4 Å². The molecule has 2 N–H and O–H groups in total. The fraction of sp³-hybridized carbons (Fsp3) is 0.286. The number of furan rings is 1. The molecule has 0 radical (unpaired) electrons. The van der Waals surface area contributed by atoms with Crippen LogP contribution >= 0.6 is 0 Å². The van der Waals surface area contributed by atoms with Gasteiger partial charge in [0.25, 0.3) is 0 Å². The van der Waals surface area contributed by atoms with Gasteiger partial charge in [-0.1, -0.05) is 6.07 Å². The molecule has 3 heteroatoms. The maximum atomic E-state index is 5.65. The Morgan fingerprint density at radius 3 is 3.06 bits per heavy atom. The van der Waals surface area contributed by atoms with E-state index in [2.05, 4.69) is 12.1 Å². The molecule has 0 saturated carbocycles. The molecule has 0 saturated heterocycles. The zero-order valence-corrected chi connectivity index (χ0v) is 9.61. The minimum Gasteiger partial charge on any atom is -0.493 e. The number of hydrogen-bond acceptors (Lipinski definition) is 3. The number of fused-ring (bicyclic) bond motifs is 1. The summed E-state index contributed by atoms with van der Waals surface area (Å²) in [6.07, 6.45) is 3.86. The fourth-order valence-electron chi connectivity index (χ4n) is 2.28. The van der Waals surface area contributed by atoms with Crippen LogP contribution in [0.15, 0.2) is 34.9 Å². The molecule has 1 aliphatic rings. The van der Waals surface area contributed by atoms with Crippen molar-refractivity contribution in [2.24, 2.45) is 5.73 Å². The van der Waals surface area contributed by atoms with Crippen LogP contribution in [0.4, 0.5) is 0 Å². The van der Waals surface area contributed by atoms with E-state index in [0.717, 1.165) is 42.1 Å². The van der Waals surface area contributed by atoms with Crippen LogP contribution in [0.1, 0.15) is 17.7 Å². The largest absolute Gasteiger partial charge is 0.493 e. The number of benzene rings is 1. The van der Waals surface area contributed by atoms with Gasteiger partial charge in [0, 0.05) is 5.56 Å². The highest BCUT2D eigenvalue weighted by molar-refractivity contribution is 5.67. The molecule has 0 spiro atoms. The van der Waals surface area contributed by atoms with Crippen LogP contribution in [0.5, 0.6) is 5.75 Å². The smallest absolute Gasteiger partial charge is 0.125 e. The monoisotopic (exact) mass is 229 g/mol. The predicted molar refractivity (Wildman–Crippen MR) is 65.9 cm³/mol. The van der Waals surface area contributed by atoms with Crippen molar-refractivity contribution < 1.29 is 9.15 Å². The highest BCUT2D eigenvalue weighted by Crippen LogP contribution is 2.31. The molecule has 0 atom stereocenters. The van der Waals surface area contributed by atoms with Gasteiger partial charge in [-0.15, -0.1) is 0 Å². The van der Waals surface area contributed by atoms with E-state index in [1.54, 1.807) is 6.26 Å². The van der Waals surface area contributed by atoms with Gasteiger partial charge in [-0.25, -0.2) is 0 Å². The summed E-state index contributed by atoms with van der Waals surface area (Å²) in [5.41, 5.74) is 9.17. The van der Waals surface area contributed by atoms with E-state index in [1.165, 1.54) is 5.56 Å². The summed E-state index contributed by atoms with van der Waals surface area (Å²) >= 11 is 0. The molecule has 88 valence electrons. The Labute approximate surface area is 100 Å². The van der Waals surface area contributed by atoms with E-state index in [1.807, 2.05) is 12.1 Å². The zero-order valence-electron chi connectivity index (χ0n) is 9.61. The van der Waals surface area contributed by atoms with E-state index >= 15 is 0 Å². The van der Waals surface area contributed by atoms with E-state index in [0.29, 0.717) is 6.54 Å². The molecule has 0 unspecified atom stereocenters. The van der Waals surface area contributed by atoms with Crippen LogP contribution < -0.4 is 10.5 Å². The van der Waals surface area contributed by atoms with Crippen molar-refractivity contribution in [1.82, 2.24) is 0 Å². The van der Waals surface area contributed by atoms with Gasteiger partial charge >= 0.3 is 0 Å². The molecule has 1 aromatic carbocycles. The molecule has 0 amide bonds. The van der Waals surface area contributed by atoms with Crippen molar-refractivity contribution in [3.05, 3.63) is 41.9 Å². The Balaban J connectivity index is 2.04. The number of hydrogen-bond donors (Lipinski definition) is 1. The number of ether oxygens (including phenoxy) is 1. The van der Waals surface area contributed by atoms with E-state index in [-0.39, 0.29) is 0 Å². The Morgan fingerprint density at radius 1 is 1.24 bits per heavy atom. The lowest BCUT2D eigenvalue weighted by molar-refractivity contribution is 0.288. The lowest BCUT2D eigenvalue weighted by Gasteiger charge is -2.17. The molecule has 3 rings (SSSR count). The van der Waals surface area contributed by atoms with Crippen molar-refractivity contribution in [2.75, 3.05) is 6.61 Å². The van der Waals surface area contributed by atoms with Crippen molar-refractivity contribution in [3.8, 4) is 16.9 Å². The van der Waals surface area contributed by atoms with Gasteiger partial charge < -0.3 is 14.9 Å². The lowest BCUT2D eigenvalue weighted by atomic mass is 9.99. The normalized spacial score (nSPS) is 14.2. The van der Waals surface area contributed by atoms with Gasteiger partial charge in [-0.2, -0.15) is 0 Å². The van der Waals surface area contributed by atoms with Crippen molar-refractivity contribution >= 4 is 0 Å². The second-order valence-corrected chi connectivity index (χ2v) is 4.24. The third-order valence-corrected chi connectivity index (χ3v) is 3.15. The molecule has 1 aliphatic heterocycles. The Kier molecular flexibility index (Phi) is 2.61. The zero-order chi connectivity index (χ0) is 11.7. The molecule has 0 bridgehead atoms. The standard InChI is InChI=1S/C14H15NO2/c15-9-14-12(5-7-17-14)10-3-4-13-11(8-10)2-1-6-16-13/h3-5,7-8H,1-2,6,9,15H2. The minimum atomic E-state index is 0.427. The third-order valence-electron chi connectivity index (χ3n) is 3.15. The minimum absolute atomic E-state index is 0.427. The number of nitrogens with two attached hydrogens (primary N) is 1. The second-order valence-electron chi connectivity index (χ2n) is 4.24. The Hall–Kier alpha value is -1.74. The molecule has 17 heavy (non-hydrogen) atoms. The van der Waals surface area contributed by atoms with Crippen LogP contribution in [0.25, 0.3) is 11.1 Å². The van der Waals surface area contributed by atoms with Crippen LogP contribution in [0.2, 0.25) is 0 Å². The molecule has 2 heterocycles. The summed E-state index contributed by atoms with van der Waals surface area (Å²) in [5, 5.41) is 0. The van der Waals surface area contributed by atoms with Gasteiger partial charge in [-0.05, 0) is 42.2 Å². The first-order valence-electron chi connectivity index (χ1n) is 5.91. The van der Waals surface area contributed by atoms with E-state index in [9.17, 15) is 0 Å². The summed E-state index contributed by atoms with van der Waals surface area (Å²) in [6, 6.07) is 8.25. The van der Waals surface area contributed by atoms with Crippen LogP contribution in [0.3, 0.4) is 0 Å². The number of aryl methyl sites for hydroxylation is 1. The molecular weight excluding hydrogens is 214 g/mol. The van der Waals surface area contributed by atoms with Gasteiger partial charge in [0.1, 0.15) is 11.5 Å². The van der Waals surface area contributed by atoms with Gasteiger partial charge in [0.05, 0.1) is 19.4 Å². The first-order valence-corrected chi connectivity index (χ1v) is 5.91. The average Bonchev–Trinajstić information content (AvgIpc) is 2.86. The average molecular weight is 229 g/mol. The fourth-order valence-corrected chi connectivity index (χ4v) is 2.28. The molecule has 0 aliphatic carbocycles. The predicted octanol–water partition coefficient (Wildman–Crippen LogP) is 2.73. The maximum Gasteiger partial charge on any atom is 0.125 e. The molecule has 0 fully saturated rings. The molecule has 2 aromatic rings. The van der Waals surface area contributed by atoms with E-state index < -0.39 is 0 Å². The third kappa shape index (κ3) is 1.83. The maximum absolute atomic E-state index is 5.65. The highest BCUT2D eigenvalue weighted by Gasteiger charge is 2.13. The summed E-state index contributed by atoms with van der Waals surface area (Å²) in [4.78, 5) is 0. The van der Waals surface area contributed by atoms with Crippen LogP contribution in [-0.4, -0.2) is 6.61 Å². The van der Waals surface area contributed by atoms with Gasteiger partial charge in [-0.3, -0.25) is 0 Å². The first-order chi connectivity index (χ1) is 8.38. The number of rotatable bonds is 2. The Morgan fingerprint density at radius 2 is 2.18 bits per heavy atom. The quantitative estimate of drug-likeness (QED) is 0.861. The highest BCUT2D eigenvalue weighted by atomic mass is 16.5. The van der Waals surface area contributed by atoms with Crippen LogP contribution in [-0.2, 0) is 13.0 Å². The summed E-state index contributed by atoms with van der Waals surface area (Å²) in [5.74, 6) is 1.85. The summed E-state index contributed by atoms with van der Waals surface area (Å²) < 4.78 is 11.0. The lowest BCUT2D eigenvalue weighted by Crippen LogP contribution is -2.08. The molecular formula is C14H15NO2. The van der Waals surface area contributed by atoms with Crippen molar-refractivity contribution in [1.29, 1.82) is 0 Å².